The van der Waals surface area contributed by atoms with E-state index < -0.39 is 23.5 Å². The van der Waals surface area contributed by atoms with Gasteiger partial charge in [0, 0.05) is 18.5 Å². The minimum absolute atomic E-state index is 0.0262. The number of alkyl carbamates (subject to hydrolysis) is 1. The molecule has 2 bridgehead atoms. The molecule has 0 radical (unpaired) electrons. The van der Waals surface area contributed by atoms with Gasteiger partial charge in [-0.3, -0.25) is 4.79 Å². The number of carboxylic acid groups (broad SMARTS) is 1. The van der Waals surface area contributed by atoms with Crippen molar-refractivity contribution in [3.63, 3.8) is 0 Å². The average molecular weight is 475 g/mol. The van der Waals surface area contributed by atoms with E-state index in [-0.39, 0.29) is 29.9 Å². The third kappa shape index (κ3) is 3.35. The minimum atomic E-state index is -1.07. The Hall–Kier alpha value is -3.35. The molecule has 5 aliphatic rings. The highest BCUT2D eigenvalue weighted by atomic mass is 16.5. The lowest BCUT2D eigenvalue weighted by molar-refractivity contribution is -0.161. The predicted molar refractivity (Wildman–Crippen MR) is 129 cm³/mol. The number of benzene rings is 2. The highest BCUT2D eigenvalue weighted by molar-refractivity contribution is 5.91. The van der Waals surface area contributed by atoms with E-state index in [0.717, 1.165) is 17.5 Å². The number of nitrogens with one attached hydrogen (secondary N) is 1. The topological polar surface area (TPSA) is 95.9 Å². The van der Waals surface area contributed by atoms with Crippen molar-refractivity contribution in [2.45, 2.75) is 56.5 Å². The average Bonchev–Trinajstić information content (AvgIpc) is 3.56. The summed E-state index contributed by atoms with van der Waals surface area (Å²) in [6.07, 6.45) is 2.65. The highest BCUT2D eigenvalue weighted by Gasteiger charge is 2.69. The van der Waals surface area contributed by atoms with E-state index in [0.29, 0.717) is 32.2 Å². The second-order valence-corrected chi connectivity index (χ2v) is 11.0. The fourth-order valence-corrected chi connectivity index (χ4v) is 7.17. The van der Waals surface area contributed by atoms with Crippen LogP contribution < -0.4 is 5.32 Å². The van der Waals surface area contributed by atoms with Gasteiger partial charge in [-0.15, -0.1) is 0 Å². The van der Waals surface area contributed by atoms with Gasteiger partial charge in [0.15, 0.2) is 0 Å². The fraction of sp³-hybridized carbons (Fsp3) is 0.464. The van der Waals surface area contributed by atoms with Crippen LogP contribution in [0, 0.1) is 11.3 Å². The van der Waals surface area contributed by atoms with Crippen molar-refractivity contribution in [2.24, 2.45) is 11.3 Å². The van der Waals surface area contributed by atoms with E-state index in [1.54, 1.807) is 4.90 Å². The Morgan fingerprint density at radius 2 is 1.66 bits per heavy atom. The zero-order valence-electron chi connectivity index (χ0n) is 19.8. The standard InChI is InChI=1S/C28H30N2O5/c1-27-14-28(15-27,25(32)33)30(16-27)24(31)21-11-6-12-23(21)29-26(34)35-13-22-19-9-4-2-7-17(19)18-8-3-5-10-20(18)22/h2-5,7-10,21-23H,6,11-16H2,1H3,(H,29,34)(H,32,33). The molecule has 3 aliphatic carbocycles. The number of fused-ring (bicyclic) bond motifs is 4. The lowest BCUT2D eigenvalue weighted by Crippen LogP contribution is -2.58. The lowest BCUT2D eigenvalue weighted by Gasteiger charge is -2.43. The lowest BCUT2D eigenvalue weighted by atomic mass is 9.63. The van der Waals surface area contributed by atoms with E-state index in [1.807, 2.05) is 31.2 Å². The Balaban J connectivity index is 1.12. The summed E-state index contributed by atoms with van der Waals surface area (Å²) in [6.45, 7) is 2.74. The smallest absolute Gasteiger partial charge is 0.407 e. The summed E-state index contributed by atoms with van der Waals surface area (Å²) in [6, 6.07) is 16.0. The van der Waals surface area contributed by atoms with Crippen LogP contribution in [-0.4, -0.2) is 52.7 Å². The Labute approximate surface area is 204 Å². The molecule has 2 atom stereocenters. The number of nitrogens with zero attached hydrogens (tertiary/aromatic N) is 1. The molecule has 182 valence electrons. The summed E-state index contributed by atoms with van der Waals surface area (Å²) in [5, 5.41) is 12.8. The molecule has 2 heterocycles. The van der Waals surface area contributed by atoms with Gasteiger partial charge in [-0.25, -0.2) is 9.59 Å². The molecule has 2 N–H and O–H groups in total. The Morgan fingerprint density at radius 3 is 2.29 bits per heavy atom. The number of hydrogen-bond acceptors (Lipinski definition) is 4. The number of aliphatic carboxylic acids is 1. The van der Waals surface area contributed by atoms with Crippen LogP contribution in [0.5, 0.6) is 0 Å². The fourth-order valence-electron chi connectivity index (χ4n) is 7.17. The first-order valence-corrected chi connectivity index (χ1v) is 12.5. The van der Waals surface area contributed by atoms with Crippen molar-refractivity contribution in [3.05, 3.63) is 59.7 Å². The molecule has 2 saturated heterocycles. The van der Waals surface area contributed by atoms with Gasteiger partial charge < -0.3 is 20.1 Å². The van der Waals surface area contributed by atoms with Gasteiger partial charge in [0.2, 0.25) is 5.91 Å². The van der Waals surface area contributed by atoms with Crippen molar-refractivity contribution in [3.8, 4) is 11.1 Å². The summed E-state index contributed by atoms with van der Waals surface area (Å²) < 4.78 is 5.69. The molecule has 35 heavy (non-hydrogen) atoms. The van der Waals surface area contributed by atoms with Crippen molar-refractivity contribution in [1.82, 2.24) is 10.2 Å². The molecule has 4 fully saturated rings. The van der Waals surface area contributed by atoms with Crippen LogP contribution >= 0.6 is 0 Å². The molecule has 2 saturated carbocycles. The maximum atomic E-state index is 13.4. The first-order valence-electron chi connectivity index (χ1n) is 12.5. The highest BCUT2D eigenvalue weighted by Crippen LogP contribution is 2.59. The van der Waals surface area contributed by atoms with Gasteiger partial charge >= 0.3 is 12.1 Å². The molecule has 0 spiro atoms. The van der Waals surface area contributed by atoms with Crippen LogP contribution in [0.4, 0.5) is 4.79 Å². The quantitative estimate of drug-likeness (QED) is 0.679. The summed E-state index contributed by atoms with van der Waals surface area (Å²) in [5.41, 5.74) is 3.46. The third-order valence-electron chi connectivity index (χ3n) is 8.64. The molecular formula is C28H30N2O5. The van der Waals surface area contributed by atoms with Crippen molar-refractivity contribution < 1.29 is 24.2 Å². The van der Waals surface area contributed by atoms with Crippen LogP contribution in [0.15, 0.2) is 48.5 Å². The van der Waals surface area contributed by atoms with E-state index >= 15 is 0 Å². The first-order chi connectivity index (χ1) is 16.8. The number of hydrogen-bond donors (Lipinski definition) is 2. The summed E-state index contributed by atoms with van der Waals surface area (Å²) in [4.78, 5) is 39.8. The Kier molecular flexibility index (Phi) is 4.95. The van der Waals surface area contributed by atoms with E-state index in [2.05, 4.69) is 29.6 Å². The zero-order chi connectivity index (χ0) is 24.4. The van der Waals surface area contributed by atoms with E-state index in [9.17, 15) is 19.5 Å². The van der Waals surface area contributed by atoms with Crippen LogP contribution in [0.25, 0.3) is 11.1 Å². The number of ether oxygens (including phenoxy) is 1. The molecule has 2 aliphatic heterocycles. The van der Waals surface area contributed by atoms with Gasteiger partial charge in [0.1, 0.15) is 12.1 Å². The number of rotatable bonds is 5. The van der Waals surface area contributed by atoms with Crippen molar-refractivity contribution >= 4 is 18.0 Å². The number of carbonyl (C=O) groups excluding carboxylic acids is 2. The zero-order valence-corrected chi connectivity index (χ0v) is 19.8. The van der Waals surface area contributed by atoms with Gasteiger partial charge in [-0.05, 0) is 53.4 Å². The SMILES string of the molecule is CC12CN(C(=O)C3CCCC3NC(=O)OCC3c4ccccc4-c4ccccc43)C(C(=O)O)(C1)C2. The van der Waals surface area contributed by atoms with Crippen molar-refractivity contribution in [2.75, 3.05) is 13.2 Å². The molecular weight excluding hydrogens is 444 g/mol. The van der Waals surface area contributed by atoms with Crippen LogP contribution in [0.1, 0.15) is 56.1 Å². The molecule has 2 aromatic rings. The predicted octanol–water partition coefficient (Wildman–Crippen LogP) is 4.16. The molecule has 2 unspecified atom stereocenters. The molecule has 7 rings (SSSR count). The summed E-state index contributed by atoms with van der Waals surface area (Å²) in [5.74, 6) is -1.49. The van der Waals surface area contributed by atoms with Crippen LogP contribution in [-0.2, 0) is 14.3 Å². The van der Waals surface area contributed by atoms with Gasteiger partial charge in [-0.2, -0.15) is 0 Å². The van der Waals surface area contributed by atoms with E-state index in [1.165, 1.54) is 11.1 Å². The molecule has 2 aromatic carbocycles. The number of carboxylic acids is 1. The Morgan fingerprint density at radius 1 is 1.03 bits per heavy atom. The second kappa shape index (κ2) is 7.83. The van der Waals surface area contributed by atoms with Crippen LogP contribution in [0.3, 0.4) is 0 Å². The maximum Gasteiger partial charge on any atom is 0.407 e. The largest absolute Gasteiger partial charge is 0.479 e. The molecule has 0 aromatic heterocycles. The third-order valence-corrected chi connectivity index (χ3v) is 8.64. The second-order valence-electron chi connectivity index (χ2n) is 11.0. The van der Waals surface area contributed by atoms with Crippen LogP contribution in [0.2, 0.25) is 0 Å². The normalized spacial score (nSPS) is 30.4. The summed E-state index contributed by atoms with van der Waals surface area (Å²) >= 11 is 0. The van der Waals surface area contributed by atoms with Gasteiger partial charge in [0.25, 0.3) is 0 Å². The monoisotopic (exact) mass is 474 g/mol. The number of carbonyl (C=O) groups is 3. The van der Waals surface area contributed by atoms with Gasteiger partial charge in [-0.1, -0.05) is 61.9 Å². The number of amides is 2. The van der Waals surface area contributed by atoms with Crippen molar-refractivity contribution in [1.29, 1.82) is 0 Å². The summed E-state index contributed by atoms with van der Waals surface area (Å²) in [7, 11) is 0. The molecule has 7 heteroatoms. The first kappa shape index (κ1) is 22.1. The van der Waals surface area contributed by atoms with E-state index in [4.69, 9.17) is 4.74 Å². The molecule has 2 amide bonds. The Bertz CT molecular complexity index is 1170. The minimum Gasteiger partial charge on any atom is -0.479 e. The molecule has 7 nitrogen and oxygen atoms in total. The van der Waals surface area contributed by atoms with Gasteiger partial charge in [0.05, 0.1) is 5.92 Å². The maximum absolute atomic E-state index is 13.4.